The molecule has 0 aliphatic carbocycles. The number of H-pyrrole nitrogens is 1. The number of ether oxygens (including phenoxy) is 1. The van der Waals surface area contributed by atoms with Crippen molar-refractivity contribution >= 4 is 23.5 Å². The molecule has 39 heavy (non-hydrogen) atoms. The second-order valence-corrected chi connectivity index (χ2v) is 9.92. The van der Waals surface area contributed by atoms with Crippen molar-refractivity contribution in [2.45, 2.75) is 31.8 Å². The van der Waals surface area contributed by atoms with Gasteiger partial charge in [-0.2, -0.15) is 0 Å². The van der Waals surface area contributed by atoms with Gasteiger partial charge in [0.05, 0.1) is 12.3 Å². The van der Waals surface area contributed by atoms with E-state index in [0.717, 1.165) is 22.5 Å². The molecule has 0 spiro atoms. The quantitative estimate of drug-likeness (QED) is 0.240. The first-order chi connectivity index (χ1) is 18.9. The van der Waals surface area contributed by atoms with Crippen molar-refractivity contribution in [3.8, 4) is 17.0 Å². The van der Waals surface area contributed by atoms with E-state index in [9.17, 15) is 9.59 Å². The van der Waals surface area contributed by atoms with E-state index in [1.54, 1.807) is 36.4 Å². The Bertz CT molecular complexity index is 1450. The van der Waals surface area contributed by atoms with Gasteiger partial charge in [0.1, 0.15) is 30.3 Å². The van der Waals surface area contributed by atoms with E-state index >= 15 is 0 Å². The minimum atomic E-state index is -0.846. The standard InChI is InChI=1S/C30H29ClN4O4/c1-18(20-6-4-3-5-7-20)27(28-32-19(2)25(33-28)21-8-12-23(31)13-9-21)35-29(37)26(34-30(35)38)22-10-14-24(15-11-22)39-17-16-36/h3-15,18,26-27,36H,16-17H2,1-2H3,(H,32,33)(H,34,38)/t18-,26-,27+/m1/s1. The number of carbonyl (C=O) groups is 2. The highest BCUT2D eigenvalue weighted by molar-refractivity contribution is 6.30. The molecular formula is C30H29ClN4O4. The first-order valence-electron chi connectivity index (χ1n) is 12.7. The molecule has 0 saturated carbocycles. The second-order valence-electron chi connectivity index (χ2n) is 9.48. The lowest BCUT2D eigenvalue weighted by Crippen LogP contribution is -2.38. The van der Waals surface area contributed by atoms with E-state index in [-0.39, 0.29) is 25.0 Å². The van der Waals surface area contributed by atoms with E-state index in [4.69, 9.17) is 26.4 Å². The Morgan fingerprint density at radius 2 is 1.72 bits per heavy atom. The molecule has 1 fully saturated rings. The van der Waals surface area contributed by atoms with Crippen molar-refractivity contribution < 1.29 is 19.4 Å². The fourth-order valence-electron chi connectivity index (χ4n) is 4.94. The molecule has 3 aromatic carbocycles. The van der Waals surface area contributed by atoms with Gasteiger partial charge >= 0.3 is 6.03 Å². The van der Waals surface area contributed by atoms with Crippen molar-refractivity contribution in [3.63, 3.8) is 0 Å². The third-order valence-electron chi connectivity index (χ3n) is 6.92. The van der Waals surface area contributed by atoms with Crippen LogP contribution in [0.5, 0.6) is 5.75 Å². The number of aliphatic hydroxyl groups is 1. The van der Waals surface area contributed by atoms with E-state index < -0.39 is 18.1 Å². The number of hydrogen-bond donors (Lipinski definition) is 3. The number of imide groups is 1. The third kappa shape index (κ3) is 5.39. The number of imidazole rings is 1. The highest BCUT2D eigenvalue weighted by atomic mass is 35.5. The van der Waals surface area contributed by atoms with Gasteiger partial charge in [-0.25, -0.2) is 9.78 Å². The van der Waals surface area contributed by atoms with Gasteiger partial charge in [0, 0.05) is 22.2 Å². The molecule has 3 amide bonds. The van der Waals surface area contributed by atoms with Crippen LogP contribution in [-0.4, -0.2) is 45.1 Å². The fourth-order valence-corrected chi connectivity index (χ4v) is 5.06. The Morgan fingerprint density at radius 1 is 1.03 bits per heavy atom. The topological polar surface area (TPSA) is 108 Å². The van der Waals surface area contributed by atoms with Crippen molar-refractivity contribution in [3.05, 3.63) is 107 Å². The normalized spacial score (nSPS) is 16.7. The van der Waals surface area contributed by atoms with E-state index in [0.29, 0.717) is 22.2 Å². The number of aliphatic hydroxyl groups excluding tert-OH is 1. The molecule has 1 aliphatic rings. The molecule has 1 aliphatic heterocycles. The summed E-state index contributed by atoms with van der Waals surface area (Å²) in [5, 5.41) is 12.5. The van der Waals surface area contributed by atoms with Crippen LogP contribution >= 0.6 is 11.6 Å². The van der Waals surface area contributed by atoms with Gasteiger partial charge < -0.3 is 20.1 Å². The molecule has 2 heterocycles. The summed E-state index contributed by atoms with van der Waals surface area (Å²) in [6, 6.07) is 22.0. The molecule has 200 valence electrons. The van der Waals surface area contributed by atoms with Crippen LogP contribution in [0.15, 0.2) is 78.9 Å². The Kier molecular flexibility index (Phi) is 7.67. The average molecular weight is 545 g/mol. The van der Waals surface area contributed by atoms with E-state index in [2.05, 4.69) is 10.3 Å². The minimum Gasteiger partial charge on any atom is -0.491 e. The zero-order valence-electron chi connectivity index (χ0n) is 21.6. The van der Waals surface area contributed by atoms with Gasteiger partial charge in [-0.15, -0.1) is 0 Å². The molecule has 0 radical (unpaired) electrons. The number of aromatic amines is 1. The van der Waals surface area contributed by atoms with Crippen LogP contribution in [0, 0.1) is 6.92 Å². The maximum absolute atomic E-state index is 13.8. The molecule has 8 nitrogen and oxygen atoms in total. The van der Waals surface area contributed by atoms with E-state index in [1.165, 1.54) is 4.90 Å². The molecule has 9 heteroatoms. The van der Waals surface area contributed by atoms with Crippen LogP contribution in [0.1, 0.15) is 47.6 Å². The first kappa shape index (κ1) is 26.5. The number of rotatable bonds is 9. The van der Waals surface area contributed by atoms with Crippen LogP contribution < -0.4 is 10.1 Å². The molecular weight excluding hydrogens is 516 g/mol. The summed E-state index contributed by atoms with van der Waals surface area (Å²) < 4.78 is 5.42. The number of aryl methyl sites for hydroxylation is 1. The number of urea groups is 1. The van der Waals surface area contributed by atoms with Crippen molar-refractivity contribution in [1.29, 1.82) is 0 Å². The predicted octanol–water partition coefficient (Wildman–Crippen LogP) is 5.55. The highest BCUT2D eigenvalue weighted by Gasteiger charge is 2.46. The zero-order valence-corrected chi connectivity index (χ0v) is 22.4. The summed E-state index contributed by atoms with van der Waals surface area (Å²) >= 11 is 6.08. The number of carbonyl (C=O) groups excluding carboxylic acids is 2. The lowest BCUT2D eigenvalue weighted by atomic mass is 9.91. The lowest BCUT2D eigenvalue weighted by Gasteiger charge is -2.29. The van der Waals surface area contributed by atoms with Crippen LogP contribution in [0.25, 0.3) is 11.3 Å². The minimum absolute atomic E-state index is 0.0964. The number of benzene rings is 3. The summed E-state index contributed by atoms with van der Waals surface area (Å²) in [5.41, 5.74) is 4.03. The molecule has 5 rings (SSSR count). The second kappa shape index (κ2) is 11.3. The third-order valence-corrected chi connectivity index (χ3v) is 7.17. The first-order valence-corrected chi connectivity index (χ1v) is 13.1. The Labute approximate surface area is 231 Å². The fraction of sp³-hybridized carbons (Fsp3) is 0.233. The number of amides is 3. The maximum atomic E-state index is 13.8. The number of hydrogen-bond acceptors (Lipinski definition) is 5. The highest BCUT2D eigenvalue weighted by Crippen LogP contribution is 2.40. The smallest absolute Gasteiger partial charge is 0.325 e. The van der Waals surface area contributed by atoms with Crippen LogP contribution in [0.3, 0.4) is 0 Å². The summed E-state index contributed by atoms with van der Waals surface area (Å²) in [5.74, 6) is 0.472. The monoisotopic (exact) mass is 544 g/mol. The average Bonchev–Trinajstić information content (AvgIpc) is 3.48. The number of nitrogens with zero attached hydrogens (tertiary/aromatic N) is 2. The molecule has 0 bridgehead atoms. The van der Waals surface area contributed by atoms with Gasteiger partial charge in [0.15, 0.2) is 0 Å². The molecule has 3 N–H and O–H groups in total. The van der Waals surface area contributed by atoms with Crippen molar-refractivity contribution in [1.82, 2.24) is 20.2 Å². The van der Waals surface area contributed by atoms with Crippen LogP contribution in [-0.2, 0) is 4.79 Å². The molecule has 0 unspecified atom stereocenters. The molecule has 1 saturated heterocycles. The van der Waals surface area contributed by atoms with Crippen molar-refractivity contribution in [2.75, 3.05) is 13.2 Å². The van der Waals surface area contributed by atoms with E-state index in [1.807, 2.05) is 56.3 Å². The Hall–Kier alpha value is -4.14. The molecule has 1 aromatic heterocycles. The van der Waals surface area contributed by atoms with Gasteiger partial charge in [-0.05, 0) is 42.3 Å². The number of nitrogens with one attached hydrogen (secondary N) is 2. The molecule has 4 aromatic rings. The summed E-state index contributed by atoms with van der Waals surface area (Å²) in [6.07, 6.45) is 0. The van der Waals surface area contributed by atoms with Gasteiger partial charge in [0.2, 0.25) is 0 Å². The molecule has 3 atom stereocenters. The zero-order chi connectivity index (χ0) is 27.5. The Morgan fingerprint density at radius 3 is 2.38 bits per heavy atom. The lowest BCUT2D eigenvalue weighted by molar-refractivity contribution is -0.129. The Balaban J connectivity index is 1.51. The number of aromatic nitrogens is 2. The predicted molar refractivity (Wildman–Crippen MR) is 149 cm³/mol. The SMILES string of the molecule is Cc1[nH]c([C@H]([C@H](C)c2ccccc2)N2C(=O)N[C@H](c3ccc(OCCO)cc3)C2=O)nc1-c1ccc(Cl)cc1. The van der Waals surface area contributed by atoms with Crippen molar-refractivity contribution in [2.24, 2.45) is 0 Å². The summed E-state index contributed by atoms with van der Waals surface area (Å²) in [4.78, 5) is 36.8. The maximum Gasteiger partial charge on any atom is 0.325 e. The van der Waals surface area contributed by atoms with Crippen LogP contribution in [0.4, 0.5) is 4.79 Å². The number of halogens is 1. The summed E-state index contributed by atoms with van der Waals surface area (Å²) in [7, 11) is 0. The summed E-state index contributed by atoms with van der Waals surface area (Å²) in [6.45, 7) is 3.98. The van der Waals surface area contributed by atoms with Gasteiger partial charge in [-0.3, -0.25) is 9.69 Å². The largest absolute Gasteiger partial charge is 0.491 e. The van der Waals surface area contributed by atoms with Gasteiger partial charge in [0.25, 0.3) is 5.91 Å². The van der Waals surface area contributed by atoms with Crippen LogP contribution in [0.2, 0.25) is 5.02 Å². The van der Waals surface area contributed by atoms with Gasteiger partial charge in [-0.1, -0.05) is 73.1 Å².